The molecule has 0 aromatic rings. The summed E-state index contributed by atoms with van der Waals surface area (Å²) in [4.78, 5) is 0. The molecule has 0 aliphatic heterocycles. The third kappa shape index (κ3) is 3.92. The van der Waals surface area contributed by atoms with Gasteiger partial charge in [0, 0.05) is 24.0 Å². The predicted molar refractivity (Wildman–Crippen MR) is 61.7 cm³/mol. The summed E-state index contributed by atoms with van der Waals surface area (Å²) in [7, 11) is 0. The van der Waals surface area contributed by atoms with Crippen LogP contribution in [0.2, 0.25) is 0 Å². The van der Waals surface area contributed by atoms with E-state index < -0.39 is 0 Å². The summed E-state index contributed by atoms with van der Waals surface area (Å²) >= 11 is 0. The molecule has 0 saturated heterocycles. The lowest BCUT2D eigenvalue weighted by atomic mass is 9.82. The topological polar surface area (TPSA) is 104 Å². The SMILES string of the molecule is CCC(N)C(C(N)CC)C(N)CCN. The standard InChI is InChI=1S/C10H26N4/c1-3-7(12)10(8(13)4-2)9(14)5-6-11/h7-10H,3-6,11-14H2,1-2H3. The molecular formula is C10H26N4. The van der Waals surface area contributed by atoms with Crippen molar-refractivity contribution in [1.82, 2.24) is 0 Å². The Kier molecular flexibility index (Phi) is 7.09. The molecule has 8 N–H and O–H groups in total. The van der Waals surface area contributed by atoms with Gasteiger partial charge in [0.15, 0.2) is 0 Å². The zero-order valence-electron chi connectivity index (χ0n) is 9.45. The molecule has 4 nitrogen and oxygen atoms in total. The van der Waals surface area contributed by atoms with Crippen molar-refractivity contribution in [3.8, 4) is 0 Å². The van der Waals surface area contributed by atoms with Crippen molar-refractivity contribution in [1.29, 1.82) is 0 Å². The van der Waals surface area contributed by atoms with Gasteiger partial charge in [0.05, 0.1) is 0 Å². The summed E-state index contributed by atoms with van der Waals surface area (Å²) in [5.74, 6) is 0.188. The smallest absolute Gasteiger partial charge is 0.0109 e. The van der Waals surface area contributed by atoms with Crippen LogP contribution in [-0.2, 0) is 0 Å². The molecule has 0 amide bonds. The van der Waals surface area contributed by atoms with E-state index in [1.54, 1.807) is 0 Å². The van der Waals surface area contributed by atoms with Gasteiger partial charge in [0.1, 0.15) is 0 Å². The highest BCUT2D eigenvalue weighted by molar-refractivity contribution is 4.88. The first-order valence-corrected chi connectivity index (χ1v) is 5.55. The second-order valence-corrected chi connectivity index (χ2v) is 3.96. The molecule has 0 spiro atoms. The first-order chi connectivity index (χ1) is 6.58. The maximum atomic E-state index is 6.04. The van der Waals surface area contributed by atoms with E-state index >= 15 is 0 Å². The number of nitrogens with two attached hydrogens (primary N) is 4. The van der Waals surface area contributed by atoms with Gasteiger partial charge in [-0.25, -0.2) is 0 Å². The second-order valence-electron chi connectivity index (χ2n) is 3.96. The van der Waals surface area contributed by atoms with E-state index in [0.717, 1.165) is 19.3 Å². The van der Waals surface area contributed by atoms with Gasteiger partial charge in [-0.1, -0.05) is 13.8 Å². The van der Waals surface area contributed by atoms with Crippen LogP contribution in [0.25, 0.3) is 0 Å². The molecule has 0 aliphatic carbocycles. The molecule has 0 bridgehead atoms. The van der Waals surface area contributed by atoms with Crippen molar-refractivity contribution in [3.05, 3.63) is 0 Å². The van der Waals surface area contributed by atoms with Crippen LogP contribution in [0.3, 0.4) is 0 Å². The molecule has 0 aromatic heterocycles. The largest absolute Gasteiger partial charge is 0.330 e. The quantitative estimate of drug-likeness (QED) is 0.457. The Bertz CT molecular complexity index is 130. The Hall–Kier alpha value is -0.160. The minimum atomic E-state index is 0.0323. The minimum Gasteiger partial charge on any atom is -0.330 e. The third-order valence-electron chi connectivity index (χ3n) is 2.93. The van der Waals surface area contributed by atoms with E-state index in [4.69, 9.17) is 22.9 Å². The molecular weight excluding hydrogens is 176 g/mol. The van der Waals surface area contributed by atoms with Crippen molar-refractivity contribution in [3.63, 3.8) is 0 Å². The van der Waals surface area contributed by atoms with E-state index in [1.807, 2.05) is 0 Å². The monoisotopic (exact) mass is 202 g/mol. The van der Waals surface area contributed by atoms with E-state index in [9.17, 15) is 0 Å². The number of hydrogen-bond donors (Lipinski definition) is 4. The number of rotatable bonds is 7. The molecule has 3 atom stereocenters. The van der Waals surface area contributed by atoms with Gasteiger partial charge in [-0.15, -0.1) is 0 Å². The van der Waals surface area contributed by atoms with Crippen molar-refractivity contribution in [2.75, 3.05) is 6.54 Å². The maximum absolute atomic E-state index is 6.04. The Balaban J connectivity index is 4.36. The van der Waals surface area contributed by atoms with Gasteiger partial charge in [-0.05, 0) is 25.8 Å². The zero-order chi connectivity index (χ0) is 11.1. The summed E-state index contributed by atoms with van der Waals surface area (Å²) in [5, 5.41) is 0. The molecule has 0 rings (SSSR count). The third-order valence-corrected chi connectivity index (χ3v) is 2.93. The Labute approximate surface area is 87.4 Å². The number of hydrogen-bond acceptors (Lipinski definition) is 4. The van der Waals surface area contributed by atoms with Crippen LogP contribution >= 0.6 is 0 Å². The molecule has 0 saturated carbocycles. The van der Waals surface area contributed by atoms with Crippen LogP contribution in [0.5, 0.6) is 0 Å². The Morgan fingerprint density at radius 1 is 0.857 bits per heavy atom. The molecule has 86 valence electrons. The summed E-state index contributed by atoms with van der Waals surface area (Å²) in [5.41, 5.74) is 23.6. The van der Waals surface area contributed by atoms with E-state index in [0.29, 0.717) is 6.54 Å². The highest BCUT2D eigenvalue weighted by Crippen LogP contribution is 2.16. The minimum absolute atomic E-state index is 0.0323. The van der Waals surface area contributed by atoms with Crippen molar-refractivity contribution >= 4 is 0 Å². The fourth-order valence-electron chi connectivity index (χ4n) is 1.88. The molecule has 0 aromatic carbocycles. The van der Waals surface area contributed by atoms with Crippen molar-refractivity contribution in [2.24, 2.45) is 28.9 Å². The van der Waals surface area contributed by atoms with Gasteiger partial charge in [-0.2, -0.15) is 0 Å². The molecule has 0 heterocycles. The van der Waals surface area contributed by atoms with E-state index in [1.165, 1.54) is 0 Å². The highest BCUT2D eigenvalue weighted by Gasteiger charge is 2.27. The zero-order valence-corrected chi connectivity index (χ0v) is 9.45. The van der Waals surface area contributed by atoms with Crippen molar-refractivity contribution < 1.29 is 0 Å². The Morgan fingerprint density at radius 3 is 1.57 bits per heavy atom. The fraction of sp³-hybridized carbons (Fsp3) is 1.00. The lowest BCUT2D eigenvalue weighted by molar-refractivity contribution is 0.274. The summed E-state index contributed by atoms with van der Waals surface area (Å²) in [6.45, 7) is 4.73. The highest BCUT2D eigenvalue weighted by atomic mass is 14.8. The second kappa shape index (κ2) is 7.17. The molecule has 0 radical (unpaired) electrons. The first-order valence-electron chi connectivity index (χ1n) is 5.55. The first kappa shape index (κ1) is 13.8. The van der Waals surface area contributed by atoms with Crippen LogP contribution < -0.4 is 22.9 Å². The van der Waals surface area contributed by atoms with Crippen LogP contribution in [0.15, 0.2) is 0 Å². The van der Waals surface area contributed by atoms with Crippen molar-refractivity contribution in [2.45, 2.75) is 51.2 Å². The lowest BCUT2D eigenvalue weighted by Gasteiger charge is -2.33. The van der Waals surface area contributed by atoms with Gasteiger partial charge < -0.3 is 22.9 Å². The van der Waals surface area contributed by atoms with E-state index in [-0.39, 0.29) is 24.0 Å². The van der Waals surface area contributed by atoms with Crippen LogP contribution in [0, 0.1) is 5.92 Å². The van der Waals surface area contributed by atoms with Gasteiger partial charge in [-0.3, -0.25) is 0 Å². The average molecular weight is 202 g/mol. The van der Waals surface area contributed by atoms with Crippen LogP contribution in [0.1, 0.15) is 33.1 Å². The van der Waals surface area contributed by atoms with Gasteiger partial charge in [0.2, 0.25) is 0 Å². The normalized spacial score (nSPS) is 20.1. The summed E-state index contributed by atoms with van der Waals surface area (Å²) in [6.07, 6.45) is 2.62. The van der Waals surface area contributed by atoms with Gasteiger partial charge >= 0.3 is 0 Å². The lowest BCUT2D eigenvalue weighted by Crippen LogP contribution is -2.52. The molecule has 14 heavy (non-hydrogen) atoms. The molecule has 0 aliphatic rings. The van der Waals surface area contributed by atoms with E-state index in [2.05, 4.69) is 13.8 Å². The van der Waals surface area contributed by atoms with Gasteiger partial charge in [0.25, 0.3) is 0 Å². The van der Waals surface area contributed by atoms with Crippen LogP contribution in [0.4, 0.5) is 0 Å². The fourth-order valence-corrected chi connectivity index (χ4v) is 1.88. The maximum Gasteiger partial charge on any atom is 0.0109 e. The Morgan fingerprint density at radius 2 is 1.29 bits per heavy atom. The molecule has 4 heteroatoms. The summed E-state index contributed by atoms with van der Waals surface area (Å²) in [6, 6.07) is 0.211. The summed E-state index contributed by atoms with van der Waals surface area (Å²) < 4.78 is 0. The van der Waals surface area contributed by atoms with Crippen LogP contribution in [-0.4, -0.2) is 24.7 Å². The average Bonchev–Trinajstić information content (AvgIpc) is 2.17. The molecule has 3 unspecified atom stereocenters. The molecule has 0 fully saturated rings. The predicted octanol–water partition coefficient (Wildman–Crippen LogP) is -0.247.